The summed E-state index contributed by atoms with van der Waals surface area (Å²) in [6, 6.07) is 11.7. The Bertz CT molecular complexity index is 1620. The van der Waals surface area contributed by atoms with Crippen LogP contribution in [0.5, 0.6) is 0 Å². The van der Waals surface area contributed by atoms with Crippen molar-refractivity contribution in [1.29, 1.82) is 0 Å². The van der Waals surface area contributed by atoms with Crippen molar-refractivity contribution < 1.29 is 9.32 Å². The van der Waals surface area contributed by atoms with Gasteiger partial charge in [0.1, 0.15) is 0 Å². The quantitative estimate of drug-likeness (QED) is 0.336. The van der Waals surface area contributed by atoms with Gasteiger partial charge in [-0.2, -0.15) is 0 Å². The lowest BCUT2D eigenvalue weighted by molar-refractivity contribution is 0.0988. The molecule has 1 aliphatic heterocycles. The largest absolute Gasteiger partial charge is 0.357 e. The fourth-order valence-corrected chi connectivity index (χ4v) is 5.66. The van der Waals surface area contributed by atoms with Crippen LogP contribution in [0.1, 0.15) is 32.2 Å². The Balaban J connectivity index is 1.55. The van der Waals surface area contributed by atoms with Gasteiger partial charge >= 0.3 is 0 Å². The maximum Gasteiger partial charge on any atom is 0.260 e. The number of aromatic nitrogens is 4. The molecule has 5 heterocycles. The van der Waals surface area contributed by atoms with Gasteiger partial charge in [0.05, 0.1) is 33.4 Å². The molecule has 1 aliphatic rings. The molecule has 0 spiro atoms. The molecule has 0 N–H and O–H groups in total. The first-order valence-electron chi connectivity index (χ1n) is 11.5. The first-order valence-corrected chi connectivity index (χ1v) is 12.4. The monoisotopic (exact) mass is 484 g/mol. The second kappa shape index (κ2) is 8.13. The summed E-state index contributed by atoms with van der Waals surface area (Å²) >= 11 is 1.71. The van der Waals surface area contributed by atoms with Gasteiger partial charge in [0.2, 0.25) is 0 Å². The molecule has 176 valence electrons. The Morgan fingerprint density at radius 2 is 1.74 bits per heavy atom. The highest BCUT2D eigenvalue weighted by atomic mass is 32.1. The number of pyridine rings is 1. The van der Waals surface area contributed by atoms with E-state index in [-0.39, 0.29) is 5.91 Å². The van der Waals surface area contributed by atoms with Crippen LogP contribution in [0.3, 0.4) is 0 Å². The number of nitrogens with zero attached hydrogens (tertiary/aromatic N) is 6. The zero-order valence-corrected chi connectivity index (χ0v) is 20.8. The Morgan fingerprint density at radius 3 is 2.46 bits per heavy atom. The van der Waals surface area contributed by atoms with Crippen molar-refractivity contribution >= 4 is 51.0 Å². The van der Waals surface area contributed by atoms with Crippen LogP contribution in [0.4, 0.5) is 11.6 Å². The molecule has 0 bridgehead atoms. The van der Waals surface area contributed by atoms with E-state index in [9.17, 15) is 4.79 Å². The minimum atomic E-state index is -0.157. The summed E-state index contributed by atoms with van der Waals surface area (Å²) in [5, 5.41) is 4.76. The van der Waals surface area contributed by atoms with Crippen LogP contribution in [0.2, 0.25) is 0 Å². The molecule has 1 amide bonds. The predicted octanol–water partition coefficient (Wildman–Crippen LogP) is 5.31. The fraction of sp³-hybridized carbons (Fsp3) is 0.269. The van der Waals surface area contributed by atoms with Gasteiger partial charge in [-0.1, -0.05) is 17.3 Å². The molecule has 9 heteroatoms. The molecule has 8 nitrogen and oxygen atoms in total. The molecule has 5 aromatic rings. The number of carbonyl (C=O) groups excluding carboxylic acids is 1. The van der Waals surface area contributed by atoms with Gasteiger partial charge in [-0.25, -0.2) is 15.0 Å². The predicted molar refractivity (Wildman–Crippen MR) is 138 cm³/mol. The van der Waals surface area contributed by atoms with E-state index in [0.29, 0.717) is 46.2 Å². The molecular formula is C26H24N6O2S. The Morgan fingerprint density at radius 1 is 1.00 bits per heavy atom. The van der Waals surface area contributed by atoms with Gasteiger partial charge < -0.3 is 9.42 Å². The fourth-order valence-electron chi connectivity index (χ4n) is 4.73. The number of fused-ring (bicyclic) bond motifs is 3. The van der Waals surface area contributed by atoms with E-state index in [4.69, 9.17) is 19.5 Å². The van der Waals surface area contributed by atoms with Crippen molar-refractivity contribution in [3.05, 3.63) is 57.4 Å². The van der Waals surface area contributed by atoms with E-state index < -0.39 is 0 Å². The second-order valence-corrected chi connectivity index (χ2v) is 10.4. The van der Waals surface area contributed by atoms with Crippen LogP contribution in [0.25, 0.3) is 33.4 Å². The van der Waals surface area contributed by atoms with Gasteiger partial charge in [0, 0.05) is 35.5 Å². The Labute approximate surface area is 206 Å². The summed E-state index contributed by atoms with van der Waals surface area (Å²) in [6.07, 6.45) is 0.795. The first kappa shape index (κ1) is 21.7. The number of para-hydroxylation sites is 2. The molecule has 0 unspecified atom stereocenters. The maximum absolute atomic E-state index is 14.2. The molecule has 0 saturated carbocycles. The van der Waals surface area contributed by atoms with E-state index in [0.717, 1.165) is 34.4 Å². The van der Waals surface area contributed by atoms with Crippen LogP contribution in [0, 0.1) is 20.8 Å². The topological polar surface area (TPSA) is 88.3 Å². The van der Waals surface area contributed by atoms with Crippen LogP contribution in [-0.2, 0) is 0 Å². The highest BCUT2D eigenvalue weighted by molar-refractivity contribution is 7.12. The average molecular weight is 485 g/mol. The molecule has 1 aromatic carbocycles. The van der Waals surface area contributed by atoms with Crippen molar-refractivity contribution in [3.8, 4) is 11.3 Å². The zero-order valence-electron chi connectivity index (χ0n) is 20.0. The molecular weight excluding hydrogens is 460 g/mol. The molecule has 0 aliphatic carbocycles. The number of hydrogen-bond acceptors (Lipinski definition) is 8. The lowest BCUT2D eigenvalue weighted by atomic mass is 10.0. The molecule has 0 atom stereocenters. The standard InChI is InChI=1S/C26H24N6O2S/c1-14-12-17(16(3)35-14)21-13-18(22-15(2)30-34-25(22)29-21)26(33)32-11-7-10-31(4)23-24(32)28-20-9-6-5-8-19(20)27-23/h5-6,8-9,12-13H,7,10-11H2,1-4H3. The third kappa shape index (κ3) is 3.54. The third-order valence-electron chi connectivity index (χ3n) is 6.44. The van der Waals surface area contributed by atoms with Gasteiger partial charge in [-0.05, 0) is 51.5 Å². The maximum atomic E-state index is 14.2. The molecule has 0 saturated heterocycles. The van der Waals surface area contributed by atoms with E-state index in [2.05, 4.69) is 30.0 Å². The number of benzene rings is 1. The molecule has 0 fully saturated rings. The van der Waals surface area contributed by atoms with E-state index in [1.165, 1.54) is 4.88 Å². The van der Waals surface area contributed by atoms with Gasteiger partial charge in [-0.3, -0.25) is 9.69 Å². The number of anilines is 2. The van der Waals surface area contributed by atoms with Crippen molar-refractivity contribution in [3.63, 3.8) is 0 Å². The van der Waals surface area contributed by atoms with Crippen LogP contribution in [0.15, 0.2) is 40.9 Å². The van der Waals surface area contributed by atoms with Crippen molar-refractivity contribution in [2.75, 3.05) is 29.9 Å². The van der Waals surface area contributed by atoms with E-state index in [1.807, 2.05) is 44.3 Å². The summed E-state index contributed by atoms with van der Waals surface area (Å²) in [4.78, 5) is 34.8. The van der Waals surface area contributed by atoms with Crippen molar-refractivity contribution in [2.24, 2.45) is 0 Å². The van der Waals surface area contributed by atoms with Crippen molar-refractivity contribution in [1.82, 2.24) is 20.1 Å². The SMILES string of the molecule is Cc1cc(-c2cc(C(=O)N3CCCN(C)c4nc5ccccc5nc43)c3c(C)noc3n2)c(C)s1. The number of hydrogen-bond donors (Lipinski definition) is 0. The van der Waals surface area contributed by atoms with Crippen LogP contribution < -0.4 is 9.80 Å². The van der Waals surface area contributed by atoms with Gasteiger partial charge in [0.15, 0.2) is 11.6 Å². The molecule has 6 rings (SSSR count). The smallest absolute Gasteiger partial charge is 0.260 e. The van der Waals surface area contributed by atoms with Crippen LogP contribution >= 0.6 is 11.3 Å². The number of aryl methyl sites for hydroxylation is 3. The number of rotatable bonds is 2. The number of carbonyl (C=O) groups is 1. The van der Waals surface area contributed by atoms with Gasteiger partial charge in [0.25, 0.3) is 11.6 Å². The average Bonchev–Trinajstić information content (AvgIpc) is 3.35. The summed E-state index contributed by atoms with van der Waals surface area (Å²) in [5.41, 5.74) is 4.78. The molecule has 4 aromatic heterocycles. The zero-order chi connectivity index (χ0) is 24.3. The molecule has 0 radical (unpaired) electrons. The first-order chi connectivity index (χ1) is 16.9. The van der Waals surface area contributed by atoms with Crippen molar-refractivity contribution in [2.45, 2.75) is 27.2 Å². The number of thiophene rings is 1. The van der Waals surface area contributed by atoms with Gasteiger partial charge in [-0.15, -0.1) is 11.3 Å². The third-order valence-corrected chi connectivity index (χ3v) is 7.40. The van der Waals surface area contributed by atoms with E-state index >= 15 is 0 Å². The van der Waals surface area contributed by atoms with E-state index in [1.54, 1.807) is 16.2 Å². The number of amides is 1. The lowest BCUT2D eigenvalue weighted by Gasteiger charge is -2.23. The second-order valence-electron chi connectivity index (χ2n) is 8.92. The lowest BCUT2D eigenvalue weighted by Crippen LogP contribution is -2.32. The summed E-state index contributed by atoms with van der Waals surface area (Å²) < 4.78 is 5.54. The molecule has 35 heavy (non-hydrogen) atoms. The Kier molecular flexibility index (Phi) is 5.03. The highest BCUT2D eigenvalue weighted by Gasteiger charge is 2.30. The summed E-state index contributed by atoms with van der Waals surface area (Å²) in [7, 11) is 1.99. The highest BCUT2D eigenvalue weighted by Crippen LogP contribution is 2.36. The van der Waals surface area contributed by atoms with Crippen LogP contribution in [-0.4, -0.2) is 46.2 Å². The minimum absolute atomic E-state index is 0.157. The normalized spacial score (nSPS) is 13.9. The summed E-state index contributed by atoms with van der Waals surface area (Å²) in [5.74, 6) is 1.11. The Hall–Kier alpha value is -3.85. The minimum Gasteiger partial charge on any atom is -0.357 e. The summed E-state index contributed by atoms with van der Waals surface area (Å²) in [6.45, 7) is 7.27.